The Kier molecular flexibility index (Phi) is 6.41. The minimum absolute atomic E-state index is 0.179. The second kappa shape index (κ2) is 8.76. The van der Waals surface area contributed by atoms with E-state index in [1.54, 1.807) is 23.5 Å². The molecule has 1 N–H and O–H groups in total. The van der Waals surface area contributed by atoms with Crippen molar-refractivity contribution in [3.05, 3.63) is 70.8 Å². The average molecular weight is 383 g/mol. The molecule has 0 bridgehead atoms. The molecular weight excluding hydrogens is 358 g/mol. The standard InChI is InChI=1S/C22H23NOS2/c1-23-14-18(12-16-4-8-20(25-2)9-5-16)22(24)19(15-23)13-17-6-10-21(26-3)11-7-17/h4-13H,14-15H2,1-3H3/p+1/b18-12+,19-13+. The molecule has 0 radical (unpaired) electrons. The Labute approximate surface area is 164 Å². The predicted octanol–water partition coefficient (Wildman–Crippen LogP) is 3.69. The van der Waals surface area contributed by atoms with Crippen molar-refractivity contribution in [2.24, 2.45) is 0 Å². The van der Waals surface area contributed by atoms with Gasteiger partial charge < -0.3 is 4.90 Å². The van der Waals surface area contributed by atoms with Crippen molar-refractivity contribution in [1.29, 1.82) is 0 Å². The van der Waals surface area contributed by atoms with Gasteiger partial charge in [-0.1, -0.05) is 24.3 Å². The van der Waals surface area contributed by atoms with E-state index in [0.29, 0.717) is 0 Å². The fourth-order valence-electron chi connectivity index (χ4n) is 3.12. The van der Waals surface area contributed by atoms with Crippen LogP contribution in [-0.2, 0) is 4.79 Å². The van der Waals surface area contributed by atoms with Crippen LogP contribution in [-0.4, -0.2) is 38.4 Å². The second-order valence-electron chi connectivity index (χ2n) is 6.53. The topological polar surface area (TPSA) is 21.5 Å². The Morgan fingerprint density at radius 1 is 0.769 bits per heavy atom. The van der Waals surface area contributed by atoms with Crippen LogP contribution < -0.4 is 4.90 Å². The third kappa shape index (κ3) is 4.70. The summed E-state index contributed by atoms with van der Waals surface area (Å²) in [5.41, 5.74) is 3.95. The number of Topliss-reactive ketones (excluding diaryl/α,β-unsaturated/α-hetero) is 1. The quantitative estimate of drug-likeness (QED) is 0.644. The van der Waals surface area contributed by atoms with Gasteiger partial charge >= 0.3 is 0 Å². The normalized spacial score (nSPS) is 20.7. The third-order valence-corrected chi connectivity index (χ3v) is 5.97. The molecule has 1 aliphatic heterocycles. The summed E-state index contributed by atoms with van der Waals surface area (Å²) >= 11 is 3.45. The molecule has 0 amide bonds. The zero-order valence-corrected chi connectivity index (χ0v) is 17.0. The Bertz CT molecular complexity index is 766. The molecule has 4 heteroatoms. The monoisotopic (exact) mass is 382 g/mol. The number of likely N-dealkylation sites (tertiary alicyclic amines) is 1. The molecule has 1 heterocycles. The first kappa shape index (κ1) is 19.0. The van der Waals surface area contributed by atoms with Crippen LogP contribution in [0.25, 0.3) is 12.2 Å². The number of benzene rings is 2. The molecule has 1 fully saturated rings. The van der Waals surface area contributed by atoms with Gasteiger partial charge in [0, 0.05) is 9.79 Å². The molecule has 134 valence electrons. The number of carbonyl (C=O) groups is 1. The lowest BCUT2D eigenvalue weighted by Gasteiger charge is -2.23. The van der Waals surface area contributed by atoms with Gasteiger partial charge in [0.15, 0.2) is 5.78 Å². The lowest BCUT2D eigenvalue weighted by Crippen LogP contribution is -3.10. The molecule has 1 saturated heterocycles. The van der Waals surface area contributed by atoms with E-state index in [4.69, 9.17) is 0 Å². The van der Waals surface area contributed by atoms with Gasteiger partial charge in [-0.2, -0.15) is 0 Å². The largest absolute Gasteiger partial charge is 0.330 e. The fourth-order valence-corrected chi connectivity index (χ4v) is 3.93. The molecule has 26 heavy (non-hydrogen) atoms. The summed E-state index contributed by atoms with van der Waals surface area (Å²) in [6.45, 7) is 1.54. The molecule has 3 rings (SSSR count). The smallest absolute Gasteiger partial charge is 0.196 e. The number of hydrogen-bond donors (Lipinski definition) is 1. The van der Waals surface area contributed by atoms with Crippen LogP contribution in [0.4, 0.5) is 0 Å². The van der Waals surface area contributed by atoms with Crippen molar-refractivity contribution in [2.45, 2.75) is 9.79 Å². The summed E-state index contributed by atoms with van der Waals surface area (Å²) < 4.78 is 0. The zero-order valence-electron chi connectivity index (χ0n) is 15.4. The van der Waals surface area contributed by atoms with Crippen LogP contribution in [0.2, 0.25) is 0 Å². The fraction of sp³-hybridized carbons (Fsp3) is 0.227. The van der Waals surface area contributed by atoms with Gasteiger partial charge in [-0.3, -0.25) is 4.79 Å². The van der Waals surface area contributed by atoms with Crippen LogP contribution in [0, 0.1) is 0 Å². The van der Waals surface area contributed by atoms with Gasteiger partial charge in [0.1, 0.15) is 13.1 Å². The summed E-state index contributed by atoms with van der Waals surface area (Å²) in [6, 6.07) is 16.7. The van der Waals surface area contributed by atoms with E-state index < -0.39 is 0 Å². The molecule has 0 spiro atoms. The molecule has 0 saturated carbocycles. The Balaban J connectivity index is 1.86. The van der Waals surface area contributed by atoms with Crippen molar-refractivity contribution in [2.75, 3.05) is 32.6 Å². The molecule has 0 atom stereocenters. The molecule has 2 aromatic rings. The summed E-state index contributed by atoms with van der Waals surface area (Å²) in [4.78, 5) is 16.8. The van der Waals surface area contributed by atoms with Crippen molar-refractivity contribution in [3.63, 3.8) is 0 Å². The molecule has 1 aliphatic rings. The Hall–Kier alpha value is -1.75. The molecular formula is C22H24NOS2+. The SMILES string of the molecule is CSc1ccc(/C=C2\C[NH+](C)C/C(=C\c3ccc(SC)cc3)C2=O)cc1. The summed E-state index contributed by atoms with van der Waals surface area (Å²) in [7, 11) is 2.14. The van der Waals surface area contributed by atoms with Crippen molar-refractivity contribution < 1.29 is 9.69 Å². The van der Waals surface area contributed by atoms with E-state index in [9.17, 15) is 4.79 Å². The number of carbonyl (C=O) groups excluding carboxylic acids is 1. The highest BCUT2D eigenvalue weighted by molar-refractivity contribution is 7.98. The number of hydrogen-bond acceptors (Lipinski definition) is 3. The number of rotatable bonds is 4. The highest BCUT2D eigenvalue weighted by atomic mass is 32.2. The number of likely N-dealkylation sites (N-methyl/N-ethyl adjacent to an activating group) is 1. The van der Waals surface area contributed by atoms with E-state index in [-0.39, 0.29) is 5.78 Å². The lowest BCUT2D eigenvalue weighted by molar-refractivity contribution is -0.870. The highest BCUT2D eigenvalue weighted by Crippen LogP contribution is 2.20. The van der Waals surface area contributed by atoms with Crippen LogP contribution >= 0.6 is 23.5 Å². The second-order valence-corrected chi connectivity index (χ2v) is 8.28. The van der Waals surface area contributed by atoms with Crippen molar-refractivity contribution >= 4 is 41.5 Å². The zero-order chi connectivity index (χ0) is 18.5. The van der Waals surface area contributed by atoms with Gasteiger partial charge in [-0.15, -0.1) is 23.5 Å². The highest BCUT2D eigenvalue weighted by Gasteiger charge is 2.26. The maximum atomic E-state index is 13.0. The van der Waals surface area contributed by atoms with Gasteiger partial charge in [0.05, 0.1) is 18.2 Å². The van der Waals surface area contributed by atoms with Crippen LogP contribution in [0.1, 0.15) is 11.1 Å². The summed E-state index contributed by atoms with van der Waals surface area (Å²) in [5, 5.41) is 0. The molecule has 0 aliphatic carbocycles. The number of quaternary nitrogens is 1. The van der Waals surface area contributed by atoms with Gasteiger partial charge in [0.25, 0.3) is 0 Å². The molecule has 0 aromatic heterocycles. The molecule has 2 nitrogen and oxygen atoms in total. The van der Waals surface area contributed by atoms with Crippen LogP contribution in [0.3, 0.4) is 0 Å². The van der Waals surface area contributed by atoms with Gasteiger partial charge in [0.2, 0.25) is 0 Å². The van der Waals surface area contributed by atoms with E-state index >= 15 is 0 Å². The first-order valence-corrected chi connectivity index (χ1v) is 11.1. The predicted molar refractivity (Wildman–Crippen MR) is 114 cm³/mol. The van der Waals surface area contributed by atoms with E-state index in [1.165, 1.54) is 14.7 Å². The number of thioether (sulfide) groups is 2. The number of ketones is 1. The molecule has 2 aromatic carbocycles. The maximum Gasteiger partial charge on any atom is 0.196 e. The van der Waals surface area contributed by atoms with Crippen LogP contribution in [0.15, 0.2) is 69.5 Å². The molecule has 0 unspecified atom stereocenters. The lowest BCUT2D eigenvalue weighted by atomic mass is 9.94. The summed E-state index contributed by atoms with van der Waals surface area (Å²) in [5.74, 6) is 0.179. The van der Waals surface area contributed by atoms with Gasteiger partial charge in [-0.05, 0) is 60.1 Å². The van der Waals surface area contributed by atoms with Gasteiger partial charge in [-0.25, -0.2) is 0 Å². The minimum Gasteiger partial charge on any atom is -0.330 e. The number of piperidine rings is 1. The minimum atomic E-state index is 0.179. The Morgan fingerprint density at radius 2 is 1.15 bits per heavy atom. The third-order valence-electron chi connectivity index (χ3n) is 4.48. The summed E-state index contributed by atoms with van der Waals surface area (Å²) in [6.07, 6.45) is 8.22. The maximum absolute atomic E-state index is 13.0. The Morgan fingerprint density at radius 3 is 1.50 bits per heavy atom. The van der Waals surface area contributed by atoms with Crippen molar-refractivity contribution in [1.82, 2.24) is 0 Å². The van der Waals surface area contributed by atoms with E-state index in [0.717, 1.165) is 35.4 Å². The van der Waals surface area contributed by atoms with Crippen LogP contribution in [0.5, 0.6) is 0 Å². The van der Waals surface area contributed by atoms with E-state index in [2.05, 4.69) is 68.1 Å². The first-order valence-electron chi connectivity index (χ1n) is 8.64. The average Bonchev–Trinajstić information content (AvgIpc) is 2.66. The van der Waals surface area contributed by atoms with E-state index in [1.807, 2.05) is 12.2 Å². The first-order chi connectivity index (χ1) is 12.6. The van der Waals surface area contributed by atoms with Crippen molar-refractivity contribution in [3.8, 4) is 0 Å². The number of nitrogens with one attached hydrogen (secondary N) is 1.